The largest absolute Gasteiger partial charge is 0.322 e. The van der Waals surface area contributed by atoms with Gasteiger partial charge in [-0.15, -0.1) is 0 Å². The third-order valence-electron chi connectivity index (χ3n) is 7.33. The van der Waals surface area contributed by atoms with E-state index in [1.54, 1.807) is 4.57 Å². The summed E-state index contributed by atoms with van der Waals surface area (Å²) in [4.78, 5) is 35.8. The fourth-order valence-electron chi connectivity index (χ4n) is 5.05. The van der Waals surface area contributed by atoms with Gasteiger partial charge in [0.2, 0.25) is 0 Å². The molecule has 0 spiro atoms. The van der Waals surface area contributed by atoms with Crippen molar-refractivity contribution in [3.05, 3.63) is 99.6 Å². The second kappa shape index (κ2) is 10.2. The van der Waals surface area contributed by atoms with Crippen molar-refractivity contribution in [2.75, 3.05) is 31.5 Å². The smallest absolute Gasteiger partial charge is 0.321 e. The van der Waals surface area contributed by atoms with Gasteiger partial charge in [-0.3, -0.25) is 14.3 Å². The van der Waals surface area contributed by atoms with E-state index >= 15 is 0 Å². The average molecular weight is 496 g/mol. The number of benzene rings is 3. The van der Waals surface area contributed by atoms with Gasteiger partial charge in [-0.2, -0.15) is 0 Å². The van der Waals surface area contributed by atoms with E-state index in [0.717, 1.165) is 28.1 Å². The predicted molar refractivity (Wildman–Crippen MR) is 149 cm³/mol. The highest BCUT2D eigenvalue weighted by Gasteiger charge is 2.28. The number of aromatic nitrogens is 2. The number of piperazine rings is 1. The van der Waals surface area contributed by atoms with E-state index in [1.165, 1.54) is 0 Å². The van der Waals surface area contributed by atoms with Gasteiger partial charge >= 0.3 is 6.03 Å². The SMILES string of the molecule is Cc1ccc(-n2c(C(C)N3CCN(C(=O)Nc4c(C)cccc4C)CC3)nc3ccccc3c2=O)cc1. The first kappa shape index (κ1) is 24.7. The lowest BCUT2D eigenvalue weighted by atomic mass is 10.1. The van der Waals surface area contributed by atoms with E-state index in [4.69, 9.17) is 4.98 Å². The number of aryl methyl sites for hydroxylation is 3. The van der Waals surface area contributed by atoms with E-state index in [1.807, 2.05) is 92.4 Å². The molecule has 1 fully saturated rings. The summed E-state index contributed by atoms with van der Waals surface area (Å²) in [6, 6.07) is 21.3. The summed E-state index contributed by atoms with van der Waals surface area (Å²) in [7, 11) is 0. The van der Waals surface area contributed by atoms with Crippen molar-refractivity contribution in [1.82, 2.24) is 19.4 Å². The summed E-state index contributed by atoms with van der Waals surface area (Å²) in [5.74, 6) is 0.709. The molecule has 1 unspecified atom stereocenters. The molecule has 2 amide bonds. The molecular formula is C30H33N5O2. The van der Waals surface area contributed by atoms with Crippen molar-refractivity contribution in [2.45, 2.75) is 33.7 Å². The highest BCUT2D eigenvalue weighted by Crippen LogP contribution is 2.25. The molecule has 1 atom stereocenters. The van der Waals surface area contributed by atoms with Crippen LogP contribution in [0, 0.1) is 20.8 Å². The van der Waals surface area contributed by atoms with Crippen LogP contribution in [0.25, 0.3) is 16.6 Å². The molecule has 0 bridgehead atoms. The standard InChI is InChI=1S/C30H33N5O2/c1-20-12-14-24(15-13-20)35-28(31-26-11-6-5-10-25(26)29(35)36)23(4)33-16-18-34(19-17-33)30(37)32-27-21(2)8-7-9-22(27)3/h5-15,23H,16-19H2,1-4H3,(H,32,37). The first-order valence-corrected chi connectivity index (χ1v) is 12.8. The highest BCUT2D eigenvalue weighted by atomic mass is 16.2. The number of urea groups is 1. The van der Waals surface area contributed by atoms with Crippen molar-refractivity contribution in [3.63, 3.8) is 0 Å². The molecule has 0 radical (unpaired) electrons. The minimum Gasteiger partial charge on any atom is -0.322 e. The summed E-state index contributed by atoms with van der Waals surface area (Å²) in [6.07, 6.45) is 0. The Morgan fingerprint density at radius 3 is 2.19 bits per heavy atom. The van der Waals surface area contributed by atoms with E-state index in [0.29, 0.717) is 42.9 Å². The Morgan fingerprint density at radius 1 is 0.865 bits per heavy atom. The van der Waals surface area contributed by atoms with Gasteiger partial charge in [0, 0.05) is 31.9 Å². The average Bonchev–Trinajstić information content (AvgIpc) is 2.91. The van der Waals surface area contributed by atoms with Crippen molar-refractivity contribution >= 4 is 22.6 Å². The zero-order chi connectivity index (χ0) is 26.1. The molecule has 5 rings (SSSR count). The van der Waals surface area contributed by atoms with E-state index in [9.17, 15) is 9.59 Å². The topological polar surface area (TPSA) is 70.5 Å². The summed E-state index contributed by atoms with van der Waals surface area (Å²) >= 11 is 0. The molecule has 190 valence electrons. The van der Waals surface area contributed by atoms with Crippen LogP contribution in [-0.4, -0.2) is 51.6 Å². The van der Waals surface area contributed by atoms with Crippen molar-refractivity contribution in [1.29, 1.82) is 0 Å². The number of carbonyl (C=O) groups is 1. The molecule has 0 aliphatic carbocycles. The van der Waals surface area contributed by atoms with E-state index in [2.05, 4.69) is 17.1 Å². The quantitative estimate of drug-likeness (QED) is 0.421. The number of nitrogens with one attached hydrogen (secondary N) is 1. The van der Waals surface area contributed by atoms with Crippen molar-refractivity contribution in [2.24, 2.45) is 0 Å². The number of anilines is 1. The predicted octanol–water partition coefficient (Wildman–Crippen LogP) is 5.22. The first-order chi connectivity index (χ1) is 17.8. The first-order valence-electron chi connectivity index (χ1n) is 12.8. The minimum atomic E-state index is -0.109. The Balaban J connectivity index is 1.39. The van der Waals surface area contributed by atoms with Crippen LogP contribution in [0.1, 0.15) is 35.5 Å². The van der Waals surface area contributed by atoms with Crippen LogP contribution >= 0.6 is 0 Å². The molecule has 3 aromatic carbocycles. The lowest BCUT2D eigenvalue weighted by molar-refractivity contribution is 0.115. The number of carbonyl (C=O) groups excluding carboxylic acids is 1. The molecule has 1 aliphatic heterocycles. The molecular weight excluding hydrogens is 462 g/mol. The Bertz CT molecular complexity index is 1480. The number of para-hydroxylation sites is 2. The molecule has 0 saturated carbocycles. The summed E-state index contributed by atoms with van der Waals surface area (Å²) < 4.78 is 1.74. The van der Waals surface area contributed by atoms with Crippen LogP contribution in [0.4, 0.5) is 10.5 Å². The van der Waals surface area contributed by atoms with E-state index < -0.39 is 0 Å². The third-order valence-corrected chi connectivity index (χ3v) is 7.33. The van der Waals surface area contributed by atoms with Gasteiger partial charge in [-0.05, 0) is 63.1 Å². The van der Waals surface area contributed by atoms with Gasteiger partial charge in [0.05, 0.1) is 22.6 Å². The Hall–Kier alpha value is -3.97. The van der Waals surface area contributed by atoms with Gasteiger partial charge in [0.25, 0.3) is 5.56 Å². The minimum absolute atomic E-state index is 0.0667. The van der Waals surface area contributed by atoms with Crippen LogP contribution in [0.5, 0.6) is 0 Å². The molecule has 1 saturated heterocycles. The molecule has 1 aromatic heterocycles. The lowest BCUT2D eigenvalue weighted by Crippen LogP contribution is -2.51. The molecule has 37 heavy (non-hydrogen) atoms. The highest BCUT2D eigenvalue weighted by molar-refractivity contribution is 5.91. The Labute approximate surface area is 217 Å². The third kappa shape index (κ3) is 4.87. The second-order valence-electron chi connectivity index (χ2n) is 9.86. The Kier molecular flexibility index (Phi) is 6.80. The summed E-state index contributed by atoms with van der Waals surface area (Å²) in [6.45, 7) is 10.7. The summed E-state index contributed by atoms with van der Waals surface area (Å²) in [5.41, 5.74) is 5.56. The van der Waals surface area contributed by atoms with Gasteiger partial charge in [0.15, 0.2) is 0 Å². The fourth-order valence-corrected chi connectivity index (χ4v) is 5.05. The van der Waals surface area contributed by atoms with Crippen LogP contribution in [0.15, 0.2) is 71.5 Å². The molecule has 4 aromatic rings. The molecule has 1 aliphatic rings. The number of hydrogen-bond donors (Lipinski definition) is 1. The van der Waals surface area contributed by atoms with Crippen molar-refractivity contribution in [3.8, 4) is 5.69 Å². The maximum absolute atomic E-state index is 13.6. The maximum atomic E-state index is 13.6. The number of fused-ring (bicyclic) bond motifs is 1. The van der Waals surface area contributed by atoms with Crippen LogP contribution in [0.3, 0.4) is 0 Å². The Morgan fingerprint density at radius 2 is 1.51 bits per heavy atom. The normalized spacial score (nSPS) is 15.1. The van der Waals surface area contributed by atoms with Gasteiger partial charge in [0.1, 0.15) is 5.82 Å². The van der Waals surface area contributed by atoms with Crippen LogP contribution in [-0.2, 0) is 0 Å². The molecule has 2 heterocycles. The molecule has 7 nitrogen and oxygen atoms in total. The van der Waals surface area contributed by atoms with Crippen molar-refractivity contribution < 1.29 is 4.79 Å². The van der Waals surface area contributed by atoms with Gasteiger partial charge < -0.3 is 10.2 Å². The fraction of sp³-hybridized carbons (Fsp3) is 0.300. The maximum Gasteiger partial charge on any atom is 0.321 e. The molecule has 1 N–H and O–H groups in total. The summed E-state index contributed by atoms with van der Waals surface area (Å²) in [5, 5.41) is 3.70. The molecule has 7 heteroatoms. The van der Waals surface area contributed by atoms with Crippen LogP contribution in [0.2, 0.25) is 0 Å². The number of nitrogens with zero attached hydrogens (tertiary/aromatic N) is 4. The van der Waals surface area contributed by atoms with Crippen LogP contribution < -0.4 is 10.9 Å². The van der Waals surface area contributed by atoms with Gasteiger partial charge in [-0.1, -0.05) is 48.0 Å². The van der Waals surface area contributed by atoms with Gasteiger partial charge in [-0.25, -0.2) is 9.78 Å². The number of hydrogen-bond acceptors (Lipinski definition) is 4. The second-order valence-corrected chi connectivity index (χ2v) is 9.86. The monoisotopic (exact) mass is 495 g/mol. The zero-order valence-corrected chi connectivity index (χ0v) is 21.9. The number of rotatable bonds is 4. The number of amides is 2. The lowest BCUT2D eigenvalue weighted by Gasteiger charge is -2.38. The van der Waals surface area contributed by atoms with E-state index in [-0.39, 0.29) is 17.6 Å². The zero-order valence-electron chi connectivity index (χ0n) is 21.9.